The van der Waals surface area contributed by atoms with E-state index in [0.717, 1.165) is 36.1 Å². The van der Waals surface area contributed by atoms with E-state index < -0.39 is 11.6 Å². The highest BCUT2D eigenvalue weighted by atomic mass is 16.5. The van der Waals surface area contributed by atoms with Crippen LogP contribution < -0.4 is 14.8 Å². The fourth-order valence-corrected chi connectivity index (χ4v) is 5.09. The summed E-state index contributed by atoms with van der Waals surface area (Å²) in [6.07, 6.45) is 4.60. The number of fused-ring (bicyclic) bond motifs is 1. The third kappa shape index (κ3) is 6.72. The first-order valence-electron chi connectivity index (χ1n) is 13.4. The number of amides is 1. The summed E-state index contributed by atoms with van der Waals surface area (Å²) in [7, 11) is 3.13. The van der Waals surface area contributed by atoms with Crippen molar-refractivity contribution in [3.63, 3.8) is 0 Å². The number of aryl methyl sites for hydroxylation is 2. The molecule has 0 saturated heterocycles. The number of ether oxygens (including phenoxy) is 3. The van der Waals surface area contributed by atoms with Gasteiger partial charge in [0.1, 0.15) is 16.9 Å². The SMILES string of the molecule is COc1ccc(CCCOC(=O)c2c(C3(O)CCCC3)oc3c(OC)cc(CCC(=O)NCCO)cc23)cc1. The van der Waals surface area contributed by atoms with Crippen molar-refractivity contribution in [2.45, 2.75) is 57.0 Å². The second-order valence-electron chi connectivity index (χ2n) is 9.88. The van der Waals surface area contributed by atoms with E-state index in [1.807, 2.05) is 24.3 Å². The second-order valence-corrected chi connectivity index (χ2v) is 9.88. The van der Waals surface area contributed by atoms with Crippen LogP contribution in [-0.2, 0) is 28.0 Å². The van der Waals surface area contributed by atoms with Gasteiger partial charge in [0.15, 0.2) is 17.1 Å². The van der Waals surface area contributed by atoms with Crippen LogP contribution in [0.25, 0.3) is 11.0 Å². The van der Waals surface area contributed by atoms with Crippen LogP contribution in [0.2, 0.25) is 0 Å². The Morgan fingerprint density at radius 3 is 2.44 bits per heavy atom. The molecule has 2 aromatic carbocycles. The van der Waals surface area contributed by atoms with E-state index in [9.17, 15) is 14.7 Å². The molecule has 0 spiro atoms. The molecule has 1 fully saturated rings. The molecule has 4 rings (SSSR count). The number of methoxy groups -OCH3 is 2. The van der Waals surface area contributed by atoms with Crippen LogP contribution in [0.3, 0.4) is 0 Å². The van der Waals surface area contributed by atoms with Gasteiger partial charge in [-0.15, -0.1) is 0 Å². The van der Waals surface area contributed by atoms with Gasteiger partial charge in [0.25, 0.3) is 0 Å². The molecular weight excluding hydrogens is 502 g/mol. The zero-order valence-electron chi connectivity index (χ0n) is 22.6. The monoisotopic (exact) mass is 539 g/mol. The molecule has 1 aliphatic carbocycles. The minimum Gasteiger partial charge on any atom is -0.497 e. The zero-order chi connectivity index (χ0) is 27.8. The Kier molecular flexibility index (Phi) is 9.48. The van der Waals surface area contributed by atoms with Gasteiger partial charge in [0, 0.05) is 18.4 Å². The van der Waals surface area contributed by atoms with Crippen molar-refractivity contribution < 1.29 is 38.4 Å². The van der Waals surface area contributed by atoms with Gasteiger partial charge in [-0.05, 0) is 80.3 Å². The topological polar surface area (TPSA) is 127 Å². The Hall–Kier alpha value is -3.56. The summed E-state index contributed by atoms with van der Waals surface area (Å²) >= 11 is 0. The number of aliphatic hydroxyl groups excluding tert-OH is 1. The summed E-state index contributed by atoms with van der Waals surface area (Å²) in [5.41, 5.74) is 1.21. The Labute approximate surface area is 228 Å². The lowest BCUT2D eigenvalue weighted by Gasteiger charge is -2.20. The van der Waals surface area contributed by atoms with E-state index in [0.29, 0.717) is 42.4 Å². The maximum atomic E-state index is 13.5. The molecule has 9 nitrogen and oxygen atoms in total. The van der Waals surface area contributed by atoms with Crippen LogP contribution in [0.1, 0.15) is 65.8 Å². The van der Waals surface area contributed by atoms with Gasteiger partial charge in [-0.1, -0.05) is 12.1 Å². The van der Waals surface area contributed by atoms with Gasteiger partial charge < -0.3 is 34.2 Å². The number of aliphatic hydroxyl groups is 2. The highest BCUT2D eigenvalue weighted by Gasteiger charge is 2.41. The minimum atomic E-state index is -1.26. The van der Waals surface area contributed by atoms with Crippen molar-refractivity contribution in [2.75, 3.05) is 34.0 Å². The summed E-state index contributed by atoms with van der Waals surface area (Å²) in [6, 6.07) is 11.3. The Bertz CT molecular complexity index is 1270. The number of esters is 1. The molecule has 0 atom stereocenters. The highest BCUT2D eigenvalue weighted by Crippen LogP contribution is 2.45. The number of benzene rings is 2. The number of furan rings is 1. The molecule has 210 valence electrons. The van der Waals surface area contributed by atoms with E-state index in [1.54, 1.807) is 19.2 Å². The predicted molar refractivity (Wildman–Crippen MR) is 145 cm³/mol. The Morgan fingerprint density at radius 1 is 1.03 bits per heavy atom. The molecule has 0 bridgehead atoms. The van der Waals surface area contributed by atoms with Crippen LogP contribution >= 0.6 is 0 Å². The van der Waals surface area contributed by atoms with Crippen molar-refractivity contribution in [3.8, 4) is 11.5 Å². The number of nitrogens with one attached hydrogen (secondary N) is 1. The Balaban J connectivity index is 1.57. The summed E-state index contributed by atoms with van der Waals surface area (Å²) < 4.78 is 22.6. The molecule has 1 amide bonds. The van der Waals surface area contributed by atoms with E-state index in [-0.39, 0.29) is 43.4 Å². The number of carbonyl (C=O) groups excluding carboxylic acids is 2. The number of hydrogen-bond acceptors (Lipinski definition) is 8. The van der Waals surface area contributed by atoms with Crippen LogP contribution in [0.4, 0.5) is 0 Å². The second kappa shape index (κ2) is 13.0. The van der Waals surface area contributed by atoms with Gasteiger partial charge in [0.05, 0.1) is 27.4 Å². The van der Waals surface area contributed by atoms with Gasteiger partial charge >= 0.3 is 5.97 Å². The van der Waals surface area contributed by atoms with Crippen LogP contribution in [0.15, 0.2) is 40.8 Å². The van der Waals surface area contributed by atoms with Crippen molar-refractivity contribution in [1.82, 2.24) is 5.32 Å². The van der Waals surface area contributed by atoms with E-state index in [1.165, 1.54) is 7.11 Å². The van der Waals surface area contributed by atoms with Crippen LogP contribution in [-0.4, -0.2) is 56.1 Å². The molecular formula is C30H37NO8. The summed E-state index contributed by atoms with van der Waals surface area (Å²) in [5.74, 6) is 0.674. The zero-order valence-corrected chi connectivity index (χ0v) is 22.6. The van der Waals surface area contributed by atoms with Gasteiger partial charge in [0.2, 0.25) is 5.91 Å². The predicted octanol–water partition coefficient (Wildman–Crippen LogP) is 4.04. The van der Waals surface area contributed by atoms with Crippen molar-refractivity contribution in [3.05, 3.63) is 58.8 Å². The van der Waals surface area contributed by atoms with Crippen LogP contribution in [0.5, 0.6) is 11.5 Å². The molecule has 3 N–H and O–H groups in total. The molecule has 1 aromatic heterocycles. The molecule has 3 aromatic rings. The molecule has 1 aliphatic rings. The lowest BCUT2D eigenvalue weighted by Crippen LogP contribution is -2.26. The molecule has 0 radical (unpaired) electrons. The molecule has 1 heterocycles. The van der Waals surface area contributed by atoms with E-state index >= 15 is 0 Å². The first-order chi connectivity index (χ1) is 18.9. The third-order valence-electron chi connectivity index (χ3n) is 7.17. The number of carbonyl (C=O) groups is 2. The summed E-state index contributed by atoms with van der Waals surface area (Å²) in [5, 5.41) is 23.5. The molecule has 39 heavy (non-hydrogen) atoms. The molecule has 0 unspecified atom stereocenters. The maximum absolute atomic E-state index is 13.5. The summed E-state index contributed by atoms with van der Waals surface area (Å²) in [4.78, 5) is 25.6. The van der Waals surface area contributed by atoms with Crippen molar-refractivity contribution in [2.24, 2.45) is 0 Å². The van der Waals surface area contributed by atoms with Gasteiger partial charge in [-0.2, -0.15) is 0 Å². The third-order valence-corrected chi connectivity index (χ3v) is 7.17. The van der Waals surface area contributed by atoms with Crippen molar-refractivity contribution in [1.29, 1.82) is 0 Å². The standard InChI is InChI=1S/C30H37NO8/c1-36-22-10-7-20(8-11-22)6-5-17-38-29(34)26-23-18-21(9-12-25(33)31-15-16-32)19-24(37-2)27(23)39-28(26)30(35)13-3-4-14-30/h7-8,10-11,18-19,32,35H,3-6,9,12-17H2,1-2H3,(H,31,33). The summed E-state index contributed by atoms with van der Waals surface area (Å²) in [6.45, 7) is 0.272. The van der Waals surface area contributed by atoms with Gasteiger partial charge in [-0.3, -0.25) is 4.79 Å². The minimum absolute atomic E-state index is 0.127. The first-order valence-corrected chi connectivity index (χ1v) is 13.4. The normalized spacial score (nSPS) is 14.4. The van der Waals surface area contributed by atoms with E-state index in [4.69, 9.17) is 23.7 Å². The van der Waals surface area contributed by atoms with Crippen LogP contribution in [0, 0.1) is 0 Å². The average Bonchev–Trinajstić information content (AvgIpc) is 3.57. The molecule has 9 heteroatoms. The van der Waals surface area contributed by atoms with Crippen molar-refractivity contribution >= 4 is 22.8 Å². The quantitative estimate of drug-likeness (QED) is 0.219. The smallest absolute Gasteiger partial charge is 0.342 e. The Morgan fingerprint density at radius 2 is 1.77 bits per heavy atom. The fourth-order valence-electron chi connectivity index (χ4n) is 5.09. The first kappa shape index (κ1) is 28.4. The number of hydrogen-bond donors (Lipinski definition) is 3. The number of rotatable bonds is 13. The fraction of sp³-hybridized carbons (Fsp3) is 0.467. The van der Waals surface area contributed by atoms with E-state index in [2.05, 4.69) is 5.32 Å². The van der Waals surface area contributed by atoms with Gasteiger partial charge in [-0.25, -0.2) is 4.79 Å². The molecule has 1 saturated carbocycles. The largest absolute Gasteiger partial charge is 0.497 e. The maximum Gasteiger partial charge on any atom is 0.342 e. The lowest BCUT2D eigenvalue weighted by atomic mass is 9.94. The molecule has 0 aliphatic heterocycles. The lowest BCUT2D eigenvalue weighted by molar-refractivity contribution is -0.121. The highest BCUT2D eigenvalue weighted by molar-refractivity contribution is 6.06. The average molecular weight is 540 g/mol.